The molecule has 0 radical (unpaired) electrons. The Morgan fingerprint density at radius 3 is 2.71 bits per heavy atom. The first-order valence-corrected chi connectivity index (χ1v) is 8.15. The number of H-pyrrole nitrogens is 1. The molecule has 3 aromatic rings. The summed E-state index contributed by atoms with van der Waals surface area (Å²) >= 11 is 0. The Balaban J connectivity index is 1.93. The number of ether oxygens (including phenoxy) is 1. The maximum absolute atomic E-state index is 13.4. The molecule has 1 atom stereocenters. The standard InChI is InChI=1S/C19H12FN5O3/c20-12-6-4-10(5-7-12)15-14(9-21)18(22)28-19-16(15)17(23-24-19)11-2-1-3-13(8-11)25(26)27/h1-8,15H,22H2,(H,23,24)/t15-/m1/s1. The lowest BCUT2D eigenvalue weighted by molar-refractivity contribution is -0.384. The summed E-state index contributed by atoms with van der Waals surface area (Å²) in [5.74, 6) is -1.02. The number of nitrogens with one attached hydrogen (secondary N) is 1. The maximum Gasteiger partial charge on any atom is 0.270 e. The first-order chi connectivity index (χ1) is 13.5. The van der Waals surface area contributed by atoms with Gasteiger partial charge in [0.25, 0.3) is 5.69 Å². The van der Waals surface area contributed by atoms with E-state index in [9.17, 15) is 19.8 Å². The summed E-state index contributed by atoms with van der Waals surface area (Å²) < 4.78 is 18.9. The molecule has 1 aliphatic heterocycles. The monoisotopic (exact) mass is 377 g/mol. The number of aromatic nitrogens is 2. The Labute approximate surface area is 157 Å². The molecule has 0 saturated carbocycles. The van der Waals surface area contributed by atoms with Crippen molar-refractivity contribution in [3.63, 3.8) is 0 Å². The lowest BCUT2D eigenvalue weighted by atomic mass is 9.83. The highest BCUT2D eigenvalue weighted by molar-refractivity contribution is 5.72. The highest BCUT2D eigenvalue weighted by Gasteiger charge is 2.35. The minimum absolute atomic E-state index is 0.0912. The lowest BCUT2D eigenvalue weighted by Crippen LogP contribution is -2.21. The number of allylic oxidation sites excluding steroid dienone is 1. The van der Waals surface area contributed by atoms with Crippen molar-refractivity contribution >= 4 is 5.69 Å². The first-order valence-electron chi connectivity index (χ1n) is 8.15. The van der Waals surface area contributed by atoms with Crippen LogP contribution in [0.25, 0.3) is 11.3 Å². The van der Waals surface area contributed by atoms with Gasteiger partial charge in [0.05, 0.1) is 22.1 Å². The molecule has 0 saturated heterocycles. The molecule has 1 aromatic heterocycles. The molecule has 0 aliphatic carbocycles. The van der Waals surface area contributed by atoms with Crippen LogP contribution in [-0.4, -0.2) is 15.1 Å². The van der Waals surface area contributed by atoms with Gasteiger partial charge < -0.3 is 10.5 Å². The van der Waals surface area contributed by atoms with Gasteiger partial charge in [0.15, 0.2) is 0 Å². The summed E-state index contributed by atoms with van der Waals surface area (Å²) in [5.41, 5.74) is 8.00. The molecule has 0 bridgehead atoms. The van der Waals surface area contributed by atoms with E-state index in [4.69, 9.17) is 10.5 Å². The average molecular weight is 377 g/mol. The van der Waals surface area contributed by atoms with E-state index in [1.54, 1.807) is 24.3 Å². The van der Waals surface area contributed by atoms with E-state index >= 15 is 0 Å². The predicted octanol–water partition coefficient (Wildman–Crippen LogP) is 3.34. The van der Waals surface area contributed by atoms with Crippen molar-refractivity contribution < 1.29 is 14.1 Å². The fourth-order valence-corrected chi connectivity index (χ4v) is 3.23. The van der Waals surface area contributed by atoms with E-state index in [1.807, 2.05) is 6.07 Å². The zero-order chi connectivity index (χ0) is 19.8. The highest BCUT2D eigenvalue weighted by Crippen LogP contribution is 2.45. The van der Waals surface area contributed by atoms with Crippen LogP contribution in [0, 0.1) is 27.3 Å². The van der Waals surface area contributed by atoms with Gasteiger partial charge in [-0.05, 0) is 17.7 Å². The minimum Gasteiger partial charge on any atom is -0.420 e. The number of rotatable bonds is 3. The zero-order valence-electron chi connectivity index (χ0n) is 14.2. The number of benzene rings is 2. The van der Waals surface area contributed by atoms with Gasteiger partial charge in [-0.15, -0.1) is 5.10 Å². The van der Waals surface area contributed by atoms with E-state index in [-0.39, 0.29) is 23.0 Å². The van der Waals surface area contributed by atoms with Crippen LogP contribution in [0.3, 0.4) is 0 Å². The van der Waals surface area contributed by atoms with Gasteiger partial charge in [0.2, 0.25) is 11.8 Å². The van der Waals surface area contributed by atoms with E-state index < -0.39 is 16.7 Å². The van der Waals surface area contributed by atoms with Crippen LogP contribution in [-0.2, 0) is 0 Å². The van der Waals surface area contributed by atoms with Crippen molar-refractivity contribution in [2.75, 3.05) is 0 Å². The minimum atomic E-state index is -0.664. The summed E-state index contributed by atoms with van der Waals surface area (Å²) in [7, 11) is 0. The van der Waals surface area contributed by atoms with Crippen LogP contribution in [0.1, 0.15) is 17.0 Å². The molecule has 9 heteroatoms. The second-order valence-corrected chi connectivity index (χ2v) is 6.10. The summed E-state index contributed by atoms with van der Waals surface area (Å²) in [6, 6.07) is 13.7. The molecular formula is C19H12FN5O3. The normalized spacial score (nSPS) is 15.5. The van der Waals surface area contributed by atoms with Crippen molar-refractivity contribution in [1.29, 1.82) is 5.26 Å². The van der Waals surface area contributed by atoms with Crippen molar-refractivity contribution in [2.24, 2.45) is 5.73 Å². The Morgan fingerprint density at radius 1 is 1.29 bits per heavy atom. The maximum atomic E-state index is 13.4. The molecule has 1 aliphatic rings. The molecule has 0 fully saturated rings. The van der Waals surface area contributed by atoms with E-state index in [1.165, 1.54) is 24.3 Å². The number of hydrogen-bond acceptors (Lipinski definition) is 6. The molecule has 2 heterocycles. The molecule has 0 unspecified atom stereocenters. The summed E-state index contributed by atoms with van der Waals surface area (Å²) in [6.45, 7) is 0. The van der Waals surface area contributed by atoms with Crippen molar-refractivity contribution in [3.8, 4) is 23.2 Å². The van der Waals surface area contributed by atoms with E-state index in [2.05, 4.69) is 10.2 Å². The van der Waals surface area contributed by atoms with E-state index in [0.29, 0.717) is 22.4 Å². The topological polar surface area (TPSA) is 131 Å². The molecular weight excluding hydrogens is 365 g/mol. The van der Waals surface area contributed by atoms with Crippen molar-refractivity contribution in [1.82, 2.24) is 10.2 Å². The SMILES string of the molecule is N#CC1=C(N)Oc2n[nH]c(-c3cccc([N+](=O)[O-])c3)c2[C@@H]1c1ccc(F)cc1. The van der Waals surface area contributed by atoms with Crippen LogP contribution in [0.4, 0.5) is 10.1 Å². The van der Waals surface area contributed by atoms with Crippen LogP contribution >= 0.6 is 0 Å². The number of nitrogens with zero attached hydrogens (tertiary/aromatic N) is 3. The molecule has 8 nitrogen and oxygen atoms in total. The van der Waals surface area contributed by atoms with Gasteiger partial charge in [-0.1, -0.05) is 24.3 Å². The lowest BCUT2D eigenvalue weighted by Gasteiger charge is -2.24. The molecule has 28 heavy (non-hydrogen) atoms. The fourth-order valence-electron chi connectivity index (χ4n) is 3.23. The number of aromatic amines is 1. The van der Waals surface area contributed by atoms with E-state index in [0.717, 1.165) is 0 Å². The fraction of sp³-hybridized carbons (Fsp3) is 0.0526. The van der Waals surface area contributed by atoms with Gasteiger partial charge >= 0.3 is 0 Å². The smallest absolute Gasteiger partial charge is 0.270 e. The number of halogens is 1. The number of fused-ring (bicyclic) bond motifs is 1. The van der Waals surface area contributed by atoms with Gasteiger partial charge in [0, 0.05) is 17.7 Å². The summed E-state index contributed by atoms with van der Waals surface area (Å²) in [4.78, 5) is 10.6. The third-order valence-electron chi connectivity index (χ3n) is 4.49. The predicted molar refractivity (Wildman–Crippen MR) is 96.4 cm³/mol. The molecule has 4 rings (SSSR count). The molecule has 3 N–H and O–H groups in total. The zero-order valence-corrected chi connectivity index (χ0v) is 14.2. The number of nitriles is 1. The second kappa shape index (κ2) is 6.51. The Bertz CT molecular complexity index is 1160. The van der Waals surface area contributed by atoms with Gasteiger partial charge in [-0.3, -0.25) is 15.2 Å². The Hall–Kier alpha value is -4.19. The number of hydrogen-bond donors (Lipinski definition) is 2. The largest absolute Gasteiger partial charge is 0.420 e. The first kappa shape index (κ1) is 17.2. The molecule has 0 amide bonds. The molecule has 138 valence electrons. The van der Waals surface area contributed by atoms with Gasteiger partial charge in [-0.2, -0.15) is 5.26 Å². The average Bonchev–Trinajstić information content (AvgIpc) is 3.11. The summed E-state index contributed by atoms with van der Waals surface area (Å²) in [5, 5.41) is 27.7. The number of nitro benzene ring substituents is 1. The van der Waals surface area contributed by atoms with Gasteiger partial charge in [0.1, 0.15) is 17.5 Å². The van der Waals surface area contributed by atoms with Crippen molar-refractivity contribution in [3.05, 3.63) is 87.0 Å². The Morgan fingerprint density at radius 2 is 2.04 bits per heavy atom. The van der Waals surface area contributed by atoms with Crippen LogP contribution in [0.2, 0.25) is 0 Å². The van der Waals surface area contributed by atoms with Crippen molar-refractivity contribution in [2.45, 2.75) is 5.92 Å². The number of nitrogens with two attached hydrogens (primary N) is 1. The summed E-state index contributed by atoms with van der Waals surface area (Å²) in [6.07, 6.45) is 0. The number of non-ortho nitro benzene ring substituents is 1. The van der Waals surface area contributed by atoms with Gasteiger partial charge in [-0.25, -0.2) is 4.39 Å². The second-order valence-electron chi connectivity index (χ2n) is 6.10. The third-order valence-corrected chi connectivity index (χ3v) is 4.49. The van der Waals surface area contributed by atoms with Crippen LogP contribution in [0.5, 0.6) is 5.88 Å². The quantitative estimate of drug-likeness (QED) is 0.532. The molecule has 2 aromatic carbocycles. The third kappa shape index (κ3) is 2.73. The highest BCUT2D eigenvalue weighted by atomic mass is 19.1. The van der Waals surface area contributed by atoms with Crippen LogP contribution < -0.4 is 10.5 Å². The number of nitro groups is 1. The van der Waals surface area contributed by atoms with Crippen LogP contribution in [0.15, 0.2) is 60.0 Å². The Kier molecular flexibility index (Phi) is 4.01. The molecule has 0 spiro atoms.